The summed E-state index contributed by atoms with van der Waals surface area (Å²) in [5, 5.41) is 12.6. The summed E-state index contributed by atoms with van der Waals surface area (Å²) >= 11 is 0. The third-order valence-corrected chi connectivity index (χ3v) is 4.30. The first kappa shape index (κ1) is 15.8. The van der Waals surface area contributed by atoms with Gasteiger partial charge in [0, 0.05) is 13.2 Å². The number of halogens is 1. The number of aromatic nitrogens is 4. The van der Waals surface area contributed by atoms with Gasteiger partial charge in [-0.3, -0.25) is 4.57 Å². The molecule has 7 nitrogen and oxygen atoms in total. The number of imidazole rings is 1. The van der Waals surface area contributed by atoms with Gasteiger partial charge < -0.3 is 15.2 Å². The molecular weight excluding hydrogens is 325 g/mol. The molecule has 8 heteroatoms. The normalized spacial score (nSPS) is 17.7. The van der Waals surface area contributed by atoms with Gasteiger partial charge in [-0.1, -0.05) is 6.07 Å². The first-order valence-corrected chi connectivity index (χ1v) is 8.23. The summed E-state index contributed by atoms with van der Waals surface area (Å²) < 4.78 is 20.9. The molecule has 1 saturated heterocycles. The number of hydrogen-bond acceptors (Lipinski definition) is 6. The maximum Gasteiger partial charge on any atom is 0.167 e. The minimum atomic E-state index is -0.639. The number of nitrogens with zero attached hydrogens (tertiary/aromatic N) is 4. The molecule has 0 radical (unpaired) electrons. The molecule has 2 aromatic heterocycles. The number of ether oxygens (including phenoxy) is 1. The van der Waals surface area contributed by atoms with Crippen LogP contribution < -0.4 is 5.32 Å². The molecule has 3 aromatic rings. The summed E-state index contributed by atoms with van der Waals surface area (Å²) in [6, 6.07) is 4.22. The molecule has 1 atom stereocenters. The van der Waals surface area contributed by atoms with Gasteiger partial charge >= 0.3 is 0 Å². The smallest absolute Gasteiger partial charge is 0.167 e. The van der Waals surface area contributed by atoms with Crippen LogP contribution in [0.3, 0.4) is 0 Å². The molecule has 0 amide bonds. The van der Waals surface area contributed by atoms with Crippen LogP contribution in [0.2, 0.25) is 0 Å². The molecule has 1 unspecified atom stereocenters. The summed E-state index contributed by atoms with van der Waals surface area (Å²) in [6.45, 7) is 1.13. The van der Waals surface area contributed by atoms with Crippen molar-refractivity contribution in [1.82, 2.24) is 19.5 Å². The van der Waals surface area contributed by atoms with E-state index < -0.39 is 5.82 Å². The number of phenolic OH excluding ortho intramolecular Hbond substituents is 1. The molecule has 4 rings (SSSR count). The van der Waals surface area contributed by atoms with Crippen molar-refractivity contribution in [2.45, 2.75) is 32.0 Å². The van der Waals surface area contributed by atoms with Crippen LogP contribution in [0.1, 0.15) is 31.1 Å². The van der Waals surface area contributed by atoms with Gasteiger partial charge in [0.15, 0.2) is 28.5 Å². The third kappa shape index (κ3) is 3.12. The molecule has 2 N–H and O–H groups in total. The molecule has 0 aliphatic carbocycles. The molecule has 1 fully saturated rings. The number of aromatic hydroxyl groups is 1. The number of phenols is 1. The fourth-order valence-corrected chi connectivity index (χ4v) is 2.99. The Bertz CT molecular complexity index is 892. The number of fused-ring (bicyclic) bond motifs is 1. The van der Waals surface area contributed by atoms with Gasteiger partial charge in [-0.2, -0.15) is 0 Å². The summed E-state index contributed by atoms with van der Waals surface area (Å²) in [4.78, 5) is 13.0. The Morgan fingerprint density at radius 3 is 3.00 bits per heavy atom. The van der Waals surface area contributed by atoms with E-state index >= 15 is 0 Å². The number of hydrogen-bond donors (Lipinski definition) is 2. The van der Waals surface area contributed by atoms with Gasteiger partial charge in [-0.05, 0) is 37.0 Å². The fourth-order valence-electron chi connectivity index (χ4n) is 2.99. The molecule has 130 valence electrons. The van der Waals surface area contributed by atoms with Crippen LogP contribution >= 0.6 is 0 Å². The van der Waals surface area contributed by atoms with Gasteiger partial charge in [-0.25, -0.2) is 19.3 Å². The predicted molar refractivity (Wildman–Crippen MR) is 89.6 cm³/mol. The fraction of sp³-hybridized carbons (Fsp3) is 0.353. The highest BCUT2D eigenvalue weighted by atomic mass is 19.1. The van der Waals surface area contributed by atoms with Gasteiger partial charge in [0.25, 0.3) is 0 Å². The van der Waals surface area contributed by atoms with Crippen LogP contribution in [0.25, 0.3) is 11.2 Å². The van der Waals surface area contributed by atoms with E-state index in [1.807, 2.05) is 4.57 Å². The Hall–Kier alpha value is -2.74. The maximum absolute atomic E-state index is 13.1. The van der Waals surface area contributed by atoms with Crippen molar-refractivity contribution in [3.63, 3.8) is 0 Å². The Morgan fingerprint density at radius 1 is 1.28 bits per heavy atom. The molecule has 1 aliphatic rings. The second-order valence-corrected chi connectivity index (χ2v) is 6.01. The van der Waals surface area contributed by atoms with Gasteiger partial charge in [-0.15, -0.1) is 0 Å². The average molecular weight is 343 g/mol. The van der Waals surface area contributed by atoms with Crippen molar-refractivity contribution in [2.75, 3.05) is 11.9 Å². The lowest BCUT2D eigenvalue weighted by Crippen LogP contribution is -2.17. The van der Waals surface area contributed by atoms with E-state index in [-0.39, 0.29) is 12.0 Å². The Balaban J connectivity index is 1.57. The second kappa shape index (κ2) is 6.64. The summed E-state index contributed by atoms with van der Waals surface area (Å²) in [5.41, 5.74) is 2.11. The molecule has 0 saturated carbocycles. The second-order valence-electron chi connectivity index (χ2n) is 6.01. The van der Waals surface area contributed by atoms with E-state index in [4.69, 9.17) is 4.74 Å². The monoisotopic (exact) mass is 343 g/mol. The standard InChI is InChI=1S/C17H18FN5O2/c18-12-5-4-11(7-13(12)24)8-19-16-15-17(21-9-20-16)23(10-22-15)14-3-1-2-6-25-14/h4-5,7,9-10,14,24H,1-3,6,8H2,(H,19,20,21). The minimum Gasteiger partial charge on any atom is -0.505 e. The number of rotatable bonds is 4. The molecular formula is C17H18FN5O2. The van der Waals surface area contributed by atoms with Crippen LogP contribution in [0, 0.1) is 5.82 Å². The first-order valence-electron chi connectivity index (χ1n) is 8.23. The molecule has 25 heavy (non-hydrogen) atoms. The summed E-state index contributed by atoms with van der Waals surface area (Å²) in [7, 11) is 0. The van der Waals surface area contributed by atoms with Crippen molar-refractivity contribution in [3.8, 4) is 5.75 Å². The third-order valence-electron chi connectivity index (χ3n) is 4.30. The lowest BCUT2D eigenvalue weighted by Gasteiger charge is -2.23. The highest BCUT2D eigenvalue weighted by Gasteiger charge is 2.20. The Labute approximate surface area is 143 Å². The van der Waals surface area contributed by atoms with Gasteiger partial charge in [0.05, 0.1) is 6.33 Å². The summed E-state index contributed by atoms with van der Waals surface area (Å²) in [6.07, 6.45) is 6.30. The lowest BCUT2D eigenvalue weighted by atomic mass is 10.2. The minimum absolute atomic E-state index is 0.0458. The van der Waals surface area contributed by atoms with Gasteiger partial charge in [0.2, 0.25) is 0 Å². The lowest BCUT2D eigenvalue weighted by molar-refractivity contribution is -0.0298. The highest BCUT2D eigenvalue weighted by molar-refractivity contribution is 5.82. The van der Waals surface area contributed by atoms with E-state index in [0.29, 0.717) is 23.5 Å². The van der Waals surface area contributed by atoms with Crippen molar-refractivity contribution >= 4 is 17.0 Å². The number of nitrogens with one attached hydrogen (secondary N) is 1. The molecule has 3 heterocycles. The van der Waals surface area contributed by atoms with Crippen LogP contribution in [0.15, 0.2) is 30.9 Å². The van der Waals surface area contributed by atoms with Crippen molar-refractivity contribution in [1.29, 1.82) is 0 Å². The Morgan fingerprint density at radius 2 is 2.20 bits per heavy atom. The number of anilines is 1. The number of benzene rings is 1. The highest BCUT2D eigenvalue weighted by Crippen LogP contribution is 2.27. The van der Waals surface area contributed by atoms with E-state index in [1.165, 1.54) is 18.5 Å². The molecule has 0 bridgehead atoms. The zero-order valence-corrected chi connectivity index (χ0v) is 13.5. The average Bonchev–Trinajstić information content (AvgIpc) is 3.08. The zero-order valence-electron chi connectivity index (χ0n) is 13.5. The zero-order chi connectivity index (χ0) is 17.2. The quantitative estimate of drug-likeness (QED) is 0.757. The predicted octanol–water partition coefficient (Wildman–Crippen LogP) is 2.98. The topological polar surface area (TPSA) is 85.1 Å². The molecule has 0 spiro atoms. The van der Waals surface area contributed by atoms with Crippen LogP contribution in [-0.2, 0) is 11.3 Å². The molecule has 1 aromatic carbocycles. The van der Waals surface area contributed by atoms with E-state index in [0.717, 1.165) is 31.4 Å². The van der Waals surface area contributed by atoms with E-state index in [1.54, 1.807) is 12.4 Å². The van der Waals surface area contributed by atoms with Crippen LogP contribution in [-0.4, -0.2) is 31.2 Å². The Kier molecular flexibility index (Phi) is 4.19. The van der Waals surface area contributed by atoms with Gasteiger partial charge in [0.1, 0.15) is 12.6 Å². The van der Waals surface area contributed by atoms with Crippen molar-refractivity contribution < 1.29 is 14.2 Å². The van der Waals surface area contributed by atoms with E-state index in [9.17, 15) is 9.50 Å². The first-order chi connectivity index (χ1) is 12.2. The molecule has 1 aliphatic heterocycles. The largest absolute Gasteiger partial charge is 0.505 e. The van der Waals surface area contributed by atoms with Crippen molar-refractivity contribution in [3.05, 3.63) is 42.2 Å². The van der Waals surface area contributed by atoms with Crippen molar-refractivity contribution in [2.24, 2.45) is 0 Å². The SMILES string of the molecule is Oc1cc(CNc2ncnc3c2ncn3C2CCCCO2)ccc1F. The van der Waals surface area contributed by atoms with Crippen LogP contribution in [0.4, 0.5) is 10.2 Å². The summed E-state index contributed by atoms with van der Waals surface area (Å²) in [5.74, 6) is -0.423. The van der Waals surface area contributed by atoms with Crippen LogP contribution in [0.5, 0.6) is 5.75 Å². The maximum atomic E-state index is 13.1. The van der Waals surface area contributed by atoms with E-state index in [2.05, 4.69) is 20.3 Å².